The predicted octanol–water partition coefficient (Wildman–Crippen LogP) is 3.32. The van der Waals surface area contributed by atoms with Gasteiger partial charge in [-0.1, -0.05) is 25.0 Å². The molecule has 0 unspecified atom stereocenters. The first-order valence-corrected chi connectivity index (χ1v) is 8.97. The number of rotatable bonds is 9. The second kappa shape index (κ2) is 11.4. The Hall–Kier alpha value is -1.17. The van der Waals surface area contributed by atoms with E-state index in [0.717, 1.165) is 44.1 Å². The molecule has 0 spiro atoms. The molecule has 0 atom stereocenters. The van der Waals surface area contributed by atoms with Crippen LogP contribution < -0.4 is 11.1 Å². The number of ether oxygens (including phenoxy) is 1. The fourth-order valence-corrected chi connectivity index (χ4v) is 3.27. The van der Waals surface area contributed by atoms with E-state index in [2.05, 4.69) is 5.32 Å². The Kier molecular flexibility index (Phi) is 10.0. The summed E-state index contributed by atoms with van der Waals surface area (Å²) >= 11 is 0. The van der Waals surface area contributed by atoms with Crippen molar-refractivity contribution in [3.8, 4) is 0 Å². The zero-order chi connectivity index (χ0) is 17.3. The van der Waals surface area contributed by atoms with Crippen molar-refractivity contribution in [1.82, 2.24) is 5.32 Å². The molecule has 1 amide bonds. The highest BCUT2D eigenvalue weighted by Crippen LogP contribution is 2.34. The second-order valence-corrected chi connectivity index (χ2v) is 6.63. The van der Waals surface area contributed by atoms with E-state index in [1.165, 1.54) is 12.1 Å². The first-order valence-electron chi connectivity index (χ1n) is 8.97. The van der Waals surface area contributed by atoms with Gasteiger partial charge >= 0.3 is 0 Å². The molecule has 1 aliphatic rings. The third-order valence-corrected chi connectivity index (χ3v) is 4.89. The van der Waals surface area contributed by atoms with Crippen LogP contribution in [0.4, 0.5) is 4.39 Å². The van der Waals surface area contributed by atoms with E-state index in [0.29, 0.717) is 32.7 Å². The monoisotopic (exact) mass is 372 g/mol. The van der Waals surface area contributed by atoms with Crippen molar-refractivity contribution >= 4 is 18.3 Å². The number of unbranched alkanes of at least 4 members (excludes halogenated alkanes) is 3. The van der Waals surface area contributed by atoms with Crippen LogP contribution in [0.2, 0.25) is 0 Å². The van der Waals surface area contributed by atoms with Crippen molar-refractivity contribution in [1.29, 1.82) is 0 Å². The largest absolute Gasteiger partial charge is 0.381 e. The third kappa shape index (κ3) is 6.92. The molecule has 0 aromatic heterocycles. The maximum atomic E-state index is 13.2. The van der Waals surface area contributed by atoms with E-state index in [1.807, 2.05) is 12.1 Å². The molecule has 1 aliphatic heterocycles. The Morgan fingerprint density at radius 2 is 1.76 bits per heavy atom. The zero-order valence-corrected chi connectivity index (χ0v) is 15.6. The number of carbonyl (C=O) groups is 1. The molecule has 142 valence electrons. The maximum absolute atomic E-state index is 13.2. The van der Waals surface area contributed by atoms with Gasteiger partial charge in [0.15, 0.2) is 0 Å². The molecule has 0 bridgehead atoms. The Labute approximate surface area is 156 Å². The van der Waals surface area contributed by atoms with Crippen molar-refractivity contribution in [2.24, 2.45) is 5.73 Å². The van der Waals surface area contributed by atoms with Crippen molar-refractivity contribution in [3.05, 3.63) is 35.6 Å². The lowest BCUT2D eigenvalue weighted by atomic mass is 9.74. The molecule has 6 heteroatoms. The molecule has 1 heterocycles. The molecule has 0 radical (unpaired) electrons. The van der Waals surface area contributed by atoms with Gasteiger partial charge in [0.25, 0.3) is 0 Å². The van der Waals surface area contributed by atoms with Crippen LogP contribution in [0, 0.1) is 5.82 Å². The molecule has 0 saturated carbocycles. The van der Waals surface area contributed by atoms with Crippen LogP contribution >= 0.6 is 12.4 Å². The number of amides is 1. The molecule has 1 saturated heterocycles. The van der Waals surface area contributed by atoms with E-state index < -0.39 is 0 Å². The standard InChI is InChI=1S/C19H29FN2O2.ClH/c20-17-8-6-16(7-9-17)19(10-13-24-14-11-19)15-22-18(23)5-3-1-2-4-12-21;/h6-9H,1-5,10-15,21H2,(H,22,23);1H. The lowest BCUT2D eigenvalue weighted by Crippen LogP contribution is -2.44. The smallest absolute Gasteiger partial charge is 0.220 e. The summed E-state index contributed by atoms with van der Waals surface area (Å²) in [6.07, 6.45) is 6.29. The average molecular weight is 373 g/mol. The van der Waals surface area contributed by atoms with E-state index in [9.17, 15) is 9.18 Å². The topological polar surface area (TPSA) is 64.4 Å². The van der Waals surface area contributed by atoms with Gasteiger partial charge in [-0.25, -0.2) is 4.39 Å². The van der Waals surface area contributed by atoms with E-state index in [-0.39, 0.29) is 29.5 Å². The second-order valence-electron chi connectivity index (χ2n) is 6.63. The van der Waals surface area contributed by atoms with E-state index in [4.69, 9.17) is 10.5 Å². The molecule has 1 fully saturated rings. The molecular weight excluding hydrogens is 343 g/mol. The molecule has 25 heavy (non-hydrogen) atoms. The number of nitrogens with two attached hydrogens (primary N) is 1. The SMILES string of the molecule is Cl.NCCCCCCC(=O)NCC1(c2ccc(F)cc2)CCOCC1. The van der Waals surface area contributed by atoms with Crippen molar-refractivity contribution in [2.45, 2.75) is 50.4 Å². The van der Waals surface area contributed by atoms with Gasteiger partial charge in [-0.05, 0) is 49.9 Å². The van der Waals surface area contributed by atoms with Gasteiger partial charge in [0.05, 0.1) is 0 Å². The van der Waals surface area contributed by atoms with Crippen LogP contribution in [-0.4, -0.2) is 32.2 Å². The predicted molar refractivity (Wildman–Crippen MR) is 101 cm³/mol. The molecular formula is C19H30ClFN2O2. The summed E-state index contributed by atoms with van der Waals surface area (Å²) in [4.78, 5) is 12.1. The number of nitrogens with one attached hydrogen (secondary N) is 1. The molecule has 3 N–H and O–H groups in total. The van der Waals surface area contributed by atoms with Gasteiger partial charge < -0.3 is 15.8 Å². The highest BCUT2D eigenvalue weighted by molar-refractivity contribution is 5.85. The van der Waals surface area contributed by atoms with Crippen molar-refractivity contribution in [3.63, 3.8) is 0 Å². The maximum Gasteiger partial charge on any atom is 0.220 e. The van der Waals surface area contributed by atoms with Crippen molar-refractivity contribution in [2.75, 3.05) is 26.3 Å². The Bertz CT molecular complexity index is 505. The molecule has 2 rings (SSSR count). The van der Waals surface area contributed by atoms with Gasteiger partial charge in [-0.15, -0.1) is 12.4 Å². The van der Waals surface area contributed by atoms with Crippen LogP contribution in [0.3, 0.4) is 0 Å². The minimum atomic E-state index is -0.234. The number of hydrogen-bond acceptors (Lipinski definition) is 3. The summed E-state index contributed by atoms with van der Waals surface area (Å²) in [5.41, 5.74) is 6.39. The molecule has 1 aromatic carbocycles. The van der Waals surface area contributed by atoms with Crippen LogP contribution in [0.5, 0.6) is 0 Å². The van der Waals surface area contributed by atoms with Gasteiger partial charge in [-0.2, -0.15) is 0 Å². The number of carbonyl (C=O) groups excluding carboxylic acids is 1. The molecule has 1 aromatic rings. The van der Waals surface area contributed by atoms with Gasteiger partial charge in [0.1, 0.15) is 5.82 Å². The van der Waals surface area contributed by atoms with Gasteiger partial charge in [0.2, 0.25) is 5.91 Å². The van der Waals surface area contributed by atoms with Crippen LogP contribution in [-0.2, 0) is 14.9 Å². The molecule has 4 nitrogen and oxygen atoms in total. The lowest BCUT2D eigenvalue weighted by molar-refractivity contribution is -0.121. The summed E-state index contributed by atoms with van der Waals surface area (Å²) in [5, 5.41) is 3.08. The summed E-state index contributed by atoms with van der Waals surface area (Å²) in [5.74, 6) is -0.141. The fraction of sp³-hybridized carbons (Fsp3) is 0.632. The average Bonchev–Trinajstić information content (AvgIpc) is 2.61. The van der Waals surface area contributed by atoms with Gasteiger partial charge in [-0.3, -0.25) is 4.79 Å². The van der Waals surface area contributed by atoms with Crippen molar-refractivity contribution < 1.29 is 13.9 Å². The lowest BCUT2D eigenvalue weighted by Gasteiger charge is -2.38. The van der Waals surface area contributed by atoms with Crippen LogP contribution in [0.15, 0.2) is 24.3 Å². The summed E-state index contributed by atoms with van der Waals surface area (Å²) < 4.78 is 18.7. The Morgan fingerprint density at radius 1 is 1.12 bits per heavy atom. The summed E-state index contributed by atoms with van der Waals surface area (Å²) in [6.45, 7) is 2.65. The van der Waals surface area contributed by atoms with Gasteiger partial charge in [0, 0.05) is 31.6 Å². The first kappa shape index (κ1) is 21.9. The number of benzene rings is 1. The third-order valence-electron chi connectivity index (χ3n) is 4.89. The number of halogens is 2. The van der Waals surface area contributed by atoms with E-state index in [1.54, 1.807) is 0 Å². The number of hydrogen-bond donors (Lipinski definition) is 2. The Morgan fingerprint density at radius 3 is 2.40 bits per heavy atom. The highest BCUT2D eigenvalue weighted by atomic mass is 35.5. The minimum Gasteiger partial charge on any atom is -0.381 e. The first-order chi connectivity index (χ1) is 11.7. The Balaban J connectivity index is 0.00000312. The molecule has 0 aliphatic carbocycles. The highest BCUT2D eigenvalue weighted by Gasteiger charge is 2.34. The van der Waals surface area contributed by atoms with E-state index >= 15 is 0 Å². The van der Waals surface area contributed by atoms with Crippen LogP contribution in [0.25, 0.3) is 0 Å². The normalized spacial score (nSPS) is 16.1. The minimum absolute atomic E-state index is 0. The fourth-order valence-electron chi connectivity index (χ4n) is 3.27. The zero-order valence-electron chi connectivity index (χ0n) is 14.8. The van der Waals surface area contributed by atoms with Crippen LogP contribution in [0.1, 0.15) is 50.5 Å². The quantitative estimate of drug-likeness (QED) is 0.653. The summed E-state index contributed by atoms with van der Waals surface area (Å²) in [6, 6.07) is 6.65. The summed E-state index contributed by atoms with van der Waals surface area (Å²) in [7, 11) is 0.